The van der Waals surface area contributed by atoms with Gasteiger partial charge < -0.3 is 16.0 Å². The molecule has 2 aliphatic rings. The second-order valence-electron chi connectivity index (χ2n) is 4.91. The molecule has 20 heavy (non-hydrogen) atoms. The number of nitrogens with one attached hydrogen (secondary N) is 3. The zero-order valence-corrected chi connectivity index (χ0v) is 10.7. The molecule has 0 bridgehead atoms. The Morgan fingerprint density at radius 2 is 1.75 bits per heavy atom. The van der Waals surface area contributed by atoms with Crippen LogP contribution in [-0.4, -0.2) is 20.9 Å². The molecule has 2 unspecified atom stereocenters. The second kappa shape index (κ2) is 3.89. The Morgan fingerprint density at radius 3 is 2.50 bits per heavy atom. The summed E-state index contributed by atoms with van der Waals surface area (Å²) >= 11 is 0. The molecule has 2 aromatic rings. The topological polar surface area (TPSA) is 91.8 Å². The van der Waals surface area contributed by atoms with Crippen molar-refractivity contribution >= 4 is 23.0 Å². The van der Waals surface area contributed by atoms with Crippen LogP contribution in [0.25, 0.3) is 0 Å². The summed E-state index contributed by atoms with van der Waals surface area (Å²) in [7, 11) is 0. The van der Waals surface area contributed by atoms with Crippen LogP contribution in [0.15, 0.2) is 24.8 Å². The van der Waals surface area contributed by atoms with Crippen molar-refractivity contribution in [2.75, 3.05) is 16.0 Å². The molecule has 4 rings (SSSR count). The molecule has 0 spiro atoms. The number of carbonyl (C=O) groups excluding carboxylic acids is 1. The van der Waals surface area contributed by atoms with Crippen molar-refractivity contribution in [1.29, 1.82) is 0 Å². The molecule has 7 heteroatoms. The van der Waals surface area contributed by atoms with Gasteiger partial charge in [0.1, 0.15) is 12.7 Å². The third-order valence-corrected chi connectivity index (χ3v) is 3.68. The van der Waals surface area contributed by atoms with E-state index in [0.29, 0.717) is 5.82 Å². The third kappa shape index (κ3) is 1.52. The summed E-state index contributed by atoms with van der Waals surface area (Å²) in [5.41, 5.74) is 3.77. The lowest BCUT2D eigenvalue weighted by Crippen LogP contribution is -2.15. The number of carbonyl (C=O) groups is 1. The van der Waals surface area contributed by atoms with E-state index in [4.69, 9.17) is 0 Å². The highest BCUT2D eigenvalue weighted by molar-refractivity contribution is 6.04. The lowest BCUT2D eigenvalue weighted by molar-refractivity contribution is -0.116. The van der Waals surface area contributed by atoms with E-state index < -0.39 is 0 Å². The average Bonchev–Trinajstić information content (AvgIpc) is 3.00. The van der Waals surface area contributed by atoms with Gasteiger partial charge in [-0.3, -0.25) is 4.79 Å². The van der Waals surface area contributed by atoms with Gasteiger partial charge in [0.15, 0.2) is 12.0 Å². The molecule has 3 N–H and O–H groups in total. The zero-order valence-electron chi connectivity index (χ0n) is 10.7. The molecule has 0 aliphatic carbocycles. The van der Waals surface area contributed by atoms with E-state index in [1.165, 1.54) is 12.7 Å². The predicted octanol–water partition coefficient (Wildman–Crippen LogP) is 1.46. The van der Waals surface area contributed by atoms with Crippen LogP contribution in [-0.2, 0) is 4.79 Å². The highest BCUT2D eigenvalue weighted by Crippen LogP contribution is 2.42. The molecule has 100 valence electrons. The van der Waals surface area contributed by atoms with Gasteiger partial charge in [0.05, 0.1) is 17.3 Å². The number of fused-ring (bicyclic) bond motifs is 2. The predicted molar refractivity (Wildman–Crippen MR) is 73.3 cm³/mol. The minimum Gasteiger partial charge on any atom is -0.357 e. The zero-order chi connectivity index (χ0) is 13.7. The van der Waals surface area contributed by atoms with Crippen molar-refractivity contribution in [3.8, 4) is 0 Å². The molecule has 0 saturated carbocycles. The molecular weight excluding hydrogens is 256 g/mol. The quantitative estimate of drug-likeness (QED) is 0.725. The Kier molecular flexibility index (Phi) is 2.17. The number of anilines is 3. The van der Waals surface area contributed by atoms with Crippen molar-refractivity contribution in [2.45, 2.75) is 19.0 Å². The second-order valence-corrected chi connectivity index (χ2v) is 4.91. The van der Waals surface area contributed by atoms with E-state index in [1.807, 2.05) is 19.1 Å². The summed E-state index contributed by atoms with van der Waals surface area (Å²) in [6.45, 7) is 1.90. The third-order valence-electron chi connectivity index (χ3n) is 3.68. The Morgan fingerprint density at radius 1 is 1.05 bits per heavy atom. The van der Waals surface area contributed by atoms with Crippen molar-refractivity contribution < 1.29 is 4.79 Å². The Bertz CT molecular complexity index is 702. The number of rotatable bonds is 1. The molecule has 3 heterocycles. The van der Waals surface area contributed by atoms with Gasteiger partial charge in [0.2, 0.25) is 5.91 Å². The van der Waals surface area contributed by atoms with Crippen LogP contribution >= 0.6 is 0 Å². The SMILES string of the molecule is CC1C(=O)Nc2cc3c(cc21)NC(c1ncncn1)N3. The molecule has 2 aliphatic heterocycles. The molecule has 1 aromatic heterocycles. The van der Waals surface area contributed by atoms with Crippen molar-refractivity contribution in [2.24, 2.45) is 0 Å². The summed E-state index contributed by atoms with van der Waals surface area (Å²) < 4.78 is 0. The van der Waals surface area contributed by atoms with Gasteiger partial charge >= 0.3 is 0 Å². The van der Waals surface area contributed by atoms with Crippen molar-refractivity contribution in [3.63, 3.8) is 0 Å². The first-order valence-corrected chi connectivity index (χ1v) is 6.36. The fourth-order valence-electron chi connectivity index (χ4n) is 2.58. The minimum absolute atomic E-state index is 0.0395. The van der Waals surface area contributed by atoms with Gasteiger partial charge in [-0.1, -0.05) is 0 Å². The molecule has 0 radical (unpaired) electrons. The maximum Gasteiger partial charge on any atom is 0.231 e. The molecule has 2 atom stereocenters. The molecular formula is C13H12N6O. The number of amides is 1. The van der Waals surface area contributed by atoms with E-state index in [0.717, 1.165) is 22.6 Å². The van der Waals surface area contributed by atoms with E-state index in [2.05, 4.69) is 30.9 Å². The van der Waals surface area contributed by atoms with E-state index in [9.17, 15) is 4.79 Å². The largest absolute Gasteiger partial charge is 0.357 e. The summed E-state index contributed by atoms with van der Waals surface area (Å²) in [5.74, 6) is 0.555. The van der Waals surface area contributed by atoms with Crippen LogP contribution in [0.2, 0.25) is 0 Å². The number of hydrogen-bond donors (Lipinski definition) is 3. The first-order chi connectivity index (χ1) is 9.72. The highest BCUT2D eigenvalue weighted by atomic mass is 16.2. The monoisotopic (exact) mass is 268 g/mol. The van der Waals surface area contributed by atoms with Crippen LogP contribution in [0.1, 0.15) is 30.4 Å². The molecule has 0 saturated heterocycles. The van der Waals surface area contributed by atoms with Crippen LogP contribution in [0.5, 0.6) is 0 Å². The molecule has 1 aromatic carbocycles. The van der Waals surface area contributed by atoms with Crippen LogP contribution in [0, 0.1) is 0 Å². The van der Waals surface area contributed by atoms with Gasteiger partial charge in [0.25, 0.3) is 0 Å². The first kappa shape index (κ1) is 11.2. The summed E-state index contributed by atoms with van der Waals surface area (Å²) in [5, 5.41) is 9.49. The standard InChI is InChI=1S/C13H12N6O/c1-6-7-2-9-10(3-8(7)19-13(6)20)18-12(17-9)11-15-4-14-5-16-11/h2-6,12,17-18H,1H3,(H,19,20). The maximum atomic E-state index is 11.7. The Labute approximate surface area is 114 Å². The van der Waals surface area contributed by atoms with Crippen LogP contribution < -0.4 is 16.0 Å². The van der Waals surface area contributed by atoms with Crippen LogP contribution in [0.3, 0.4) is 0 Å². The van der Waals surface area contributed by atoms with Gasteiger partial charge in [-0.2, -0.15) is 0 Å². The molecule has 1 amide bonds. The Hall–Kier alpha value is -2.70. The summed E-state index contributed by atoms with van der Waals surface area (Å²) in [6.07, 6.45) is 2.76. The van der Waals surface area contributed by atoms with Gasteiger partial charge in [-0.05, 0) is 24.6 Å². The number of hydrogen-bond acceptors (Lipinski definition) is 6. The van der Waals surface area contributed by atoms with Gasteiger partial charge in [0, 0.05) is 5.69 Å². The van der Waals surface area contributed by atoms with Gasteiger partial charge in [-0.25, -0.2) is 15.0 Å². The summed E-state index contributed by atoms with van der Waals surface area (Å²) in [6, 6.07) is 3.95. The van der Waals surface area contributed by atoms with Crippen molar-refractivity contribution in [1.82, 2.24) is 15.0 Å². The first-order valence-electron chi connectivity index (χ1n) is 6.36. The van der Waals surface area contributed by atoms with E-state index in [-0.39, 0.29) is 18.0 Å². The summed E-state index contributed by atoms with van der Waals surface area (Å²) in [4.78, 5) is 23.7. The van der Waals surface area contributed by atoms with Crippen LogP contribution in [0.4, 0.5) is 17.1 Å². The van der Waals surface area contributed by atoms with E-state index in [1.54, 1.807) is 0 Å². The normalized spacial score (nSPS) is 22.6. The molecule has 0 fully saturated rings. The molecule has 7 nitrogen and oxygen atoms in total. The maximum absolute atomic E-state index is 11.7. The van der Waals surface area contributed by atoms with Crippen molar-refractivity contribution in [3.05, 3.63) is 36.2 Å². The lowest BCUT2D eigenvalue weighted by Gasteiger charge is -2.09. The number of nitrogens with zero attached hydrogens (tertiary/aromatic N) is 3. The lowest BCUT2D eigenvalue weighted by atomic mass is 10.0. The Balaban J connectivity index is 1.69. The minimum atomic E-state index is -0.179. The van der Waals surface area contributed by atoms with Gasteiger partial charge in [-0.15, -0.1) is 0 Å². The van der Waals surface area contributed by atoms with E-state index >= 15 is 0 Å². The number of aromatic nitrogens is 3. The highest BCUT2D eigenvalue weighted by Gasteiger charge is 2.31. The smallest absolute Gasteiger partial charge is 0.231 e. The average molecular weight is 268 g/mol. The fraction of sp³-hybridized carbons (Fsp3) is 0.231. The fourth-order valence-corrected chi connectivity index (χ4v) is 2.58. The number of benzene rings is 1.